The predicted octanol–water partition coefficient (Wildman–Crippen LogP) is 2.65. The Hall–Kier alpha value is -3.63. The highest BCUT2D eigenvalue weighted by Crippen LogP contribution is 2.58. The van der Waals surface area contributed by atoms with Crippen molar-refractivity contribution in [3.63, 3.8) is 0 Å². The number of rotatable bonds is 6. The second kappa shape index (κ2) is 10.5. The Labute approximate surface area is 193 Å². The lowest BCUT2D eigenvalue weighted by molar-refractivity contribution is -0.192. The number of hydrogen-bond donors (Lipinski definition) is 2. The van der Waals surface area contributed by atoms with E-state index in [2.05, 4.69) is 10.3 Å². The molecule has 2 aliphatic rings. The molecule has 0 radical (unpaired) electrons. The fourth-order valence-electron chi connectivity index (χ4n) is 3.85. The molecule has 2 aromatic rings. The summed E-state index contributed by atoms with van der Waals surface area (Å²) in [5, 5.41) is 10.1. The number of carbonyl (C=O) groups excluding carboxylic acids is 2. The number of carbonyl (C=O) groups is 3. The zero-order chi connectivity index (χ0) is 24.8. The van der Waals surface area contributed by atoms with E-state index in [1.165, 1.54) is 0 Å². The van der Waals surface area contributed by atoms with Crippen molar-refractivity contribution in [2.45, 2.75) is 25.6 Å². The summed E-state index contributed by atoms with van der Waals surface area (Å²) in [6.07, 6.45) is 0.128. The summed E-state index contributed by atoms with van der Waals surface area (Å²) in [5.74, 6) is -2.00. The van der Waals surface area contributed by atoms with Gasteiger partial charge in [-0.25, -0.2) is 4.79 Å². The van der Waals surface area contributed by atoms with E-state index < -0.39 is 12.1 Å². The number of amides is 2. The first-order chi connectivity index (χ1) is 16.1. The molecule has 2 heterocycles. The van der Waals surface area contributed by atoms with Crippen molar-refractivity contribution < 1.29 is 37.4 Å². The number of para-hydroxylation sites is 1. The molecule has 1 spiro atoms. The van der Waals surface area contributed by atoms with E-state index >= 15 is 0 Å². The monoisotopic (exact) mass is 479 g/mol. The van der Waals surface area contributed by atoms with Gasteiger partial charge in [0.15, 0.2) is 6.61 Å². The largest absolute Gasteiger partial charge is 0.490 e. The Kier molecular flexibility index (Phi) is 7.75. The molecule has 1 aromatic carbocycles. The number of nitrogens with one attached hydrogen (secondary N) is 1. The van der Waals surface area contributed by atoms with Crippen molar-refractivity contribution in [3.05, 3.63) is 60.4 Å². The maximum absolute atomic E-state index is 12.5. The molecule has 2 N–H and O–H groups in total. The van der Waals surface area contributed by atoms with Gasteiger partial charge in [-0.3, -0.25) is 14.6 Å². The minimum Gasteiger partial charge on any atom is -0.484 e. The van der Waals surface area contributed by atoms with Crippen LogP contribution in [0.15, 0.2) is 54.9 Å². The van der Waals surface area contributed by atoms with Gasteiger partial charge >= 0.3 is 12.1 Å². The summed E-state index contributed by atoms with van der Waals surface area (Å²) in [6, 6.07) is 13.1. The first kappa shape index (κ1) is 25.0. The first-order valence-corrected chi connectivity index (χ1v) is 10.5. The first-order valence-electron chi connectivity index (χ1n) is 10.5. The van der Waals surface area contributed by atoms with Crippen molar-refractivity contribution in [3.8, 4) is 5.75 Å². The van der Waals surface area contributed by atoms with Crippen molar-refractivity contribution >= 4 is 17.8 Å². The van der Waals surface area contributed by atoms with E-state index in [1.54, 1.807) is 12.4 Å². The van der Waals surface area contributed by atoms with Crippen LogP contribution >= 0.6 is 0 Å². The van der Waals surface area contributed by atoms with Gasteiger partial charge < -0.3 is 20.1 Å². The van der Waals surface area contributed by atoms with Crippen molar-refractivity contribution in [1.82, 2.24) is 15.2 Å². The third-order valence-corrected chi connectivity index (χ3v) is 5.78. The van der Waals surface area contributed by atoms with Crippen LogP contribution in [0.25, 0.3) is 0 Å². The quantitative estimate of drug-likeness (QED) is 0.660. The third-order valence-electron chi connectivity index (χ3n) is 5.78. The SMILES string of the molecule is O=C(NCc1cccnc1)C1CC12CCN(C(=O)COc1ccccc1)C2.O=C(O)C(F)(F)F. The van der Waals surface area contributed by atoms with E-state index in [0.29, 0.717) is 25.4 Å². The maximum Gasteiger partial charge on any atom is 0.490 e. The molecular formula is C23H24F3N3O5. The molecule has 1 aliphatic heterocycles. The molecule has 1 saturated heterocycles. The number of likely N-dealkylation sites (tertiary alicyclic amines) is 1. The van der Waals surface area contributed by atoms with E-state index in [4.69, 9.17) is 14.6 Å². The lowest BCUT2D eigenvalue weighted by atomic mass is 10.0. The Morgan fingerprint density at radius 1 is 1.18 bits per heavy atom. The highest BCUT2D eigenvalue weighted by atomic mass is 19.4. The third kappa shape index (κ3) is 6.69. The van der Waals surface area contributed by atoms with Crippen molar-refractivity contribution in [1.29, 1.82) is 0 Å². The second-order valence-electron chi connectivity index (χ2n) is 8.17. The number of aliphatic carboxylic acids is 1. The molecule has 4 rings (SSSR count). The Bertz CT molecular complexity index is 948. The summed E-state index contributed by atoms with van der Waals surface area (Å²) in [5.41, 5.74) is 0.948. The second-order valence-corrected chi connectivity index (χ2v) is 8.17. The number of pyridine rings is 1. The summed E-state index contributed by atoms with van der Waals surface area (Å²) in [6.45, 7) is 1.88. The van der Waals surface area contributed by atoms with Crippen LogP contribution in [-0.4, -0.2) is 58.6 Å². The van der Waals surface area contributed by atoms with Gasteiger partial charge in [-0.15, -0.1) is 0 Å². The van der Waals surface area contributed by atoms with Gasteiger partial charge in [0.05, 0.1) is 0 Å². The smallest absolute Gasteiger partial charge is 0.484 e. The number of halogens is 3. The fraction of sp³-hybridized carbons (Fsp3) is 0.391. The van der Waals surface area contributed by atoms with Crippen LogP contribution < -0.4 is 10.1 Å². The van der Waals surface area contributed by atoms with Crippen LogP contribution in [0.2, 0.25) is 0 Å². The highest BCUT2D eigenvalue weighted by molar-refractivity contribution is 5.84. The van der Waals surface area contributed by atoms with Gasteiger partial charge in [-0.05, 0) is 36.6 Å². The standard InChI is InChI=1S/C21H23N3O3.C2HF3O2/c25-19(14-27-17-6-2-1-3-7-17)24-10-8-21(15-24)11-18(21)20(26)23-13-16-5-4-9-22-12-16;3-2(4,5)1(6)7/h1-7,9,12,18H,8,10-11,13-15H2,(H,23,26);(H,6,7). The van der Waals surface area contributed by atoms with Crippen molar-refractivity contribution in [2.24, 2.45) is 11.3 Å². The zero-order valence-corrected chi connectivity index (χ0v) is 18.1. The number of hydrogen-bond acceptors (Lipinski definition) is 5. The fourth-order valence-corrected chi connectivity index (χ4v) is 3.85. The molecule has 0 bridgehead atoms. The Morgan fingerprint density at radius 2 is 1.88 bits per heavy atom. The van der Waals surface area contributed by atoms with Crippen LogP contribution in [0.1, 0.15) is 18.4 Å². The van der Waals surface area contributed by atoms with Crippen molar-refractivity contribution in [2.75, 3.05) is 19.7 Å². The van der Waals surface area contributed by atoms with Gasteiger partial charge in [-0.2, -0.15) is 13.2 Å². The van der Waals surface area contributed by atoms with Gasteiger partial charge in [0.2, 0.25) is 5.91 Å². The number of carboxylic acids is 1. The zero-order valence-electron chi connectivity index (χ0n) is 18.1. The van der Waals surface area contributed by atoms with E-state index in [9.17, 15) is 22.8 Å². The van der Waals surface area contributed by atoms with Gasteiger partial charge in [0.25, 0.3) is 5.91 Å². The van der Waals surface area contributed by atoms with E-state index in [0.717, 1.165) is 18.4 Å². The topological polar surface area (TPSA) is 109 Å². The number of ether oxygens (including phenoxy) is 1. The maximum atomic E-state index is 12.5. The van der Waals surface area contributed by atoms with Gasteiger partial charge in [0, 0.05) is 43.4 Å². The molecule has 1 aliphatic carbocycles. The molecule has 2 amide bonds. The normalized spacial score (nSPS) is 20.8. The average Bonchev–Trinajstić information content (AvgIpc) is 3.36. The lowest BCUT2D eigenvalue weighted by Gasteiger charge is -2.17. The molecule has 8 nitrogen and oxygen atoms in total. The lowest BCUT2D eigenvalue weighted by Crippen LogP contribution is -2.34. The summed E-state index contributed by atoms with van der Waals surface area (Å²) >= 11 is 0. The molecular weight excluding hydrogens is 455 g/mol. The summed E-state index contributed by atoms with van der Waals surface area (Å²) in [7, 11) is 0. The molecule has 2 fully saturated rings. The van der Waals surface area contributed by atoms with E-state index in [-0.39, 0.29) is 29.8 Å². The predicted molar refractivity (Wildman–Crippen MR) is 113 cm³/mol. The van der Waals surface area contributed by atoms with Gasteiger partial charge in [0.1, 0.15) is 5.75 Å². The number of aromatic nitrogens is 1. The molecule has 11 heteroatoms. The van der Waals surface area contributed by atoms with Crippen LogP contribution in [0, 0.1) is 11.3 Å². The number of benzene rings is 1. The molecule has 1 saturated carbocycles. The summed E-state index contributed by atoms with van der Waals surface area (Å²) < 4.78 is 37.3. The van der Waals surface area contributed by atoms with E-state index in [1.807, 2.05) is 47.4 Å². The molecule has 1 aromatic heterocycles. The molecule has 182 valence electrons. The van der Waals surface area contributed by atoms with Gasteiger partial charge in [-0.1, -0.05) is 24.3 Å². The minimum atomic E-state index is -5.08. The van der Waals surface area contributed by atoms with Crippen LogP contribution in [0.3, 0.4) is 0 Å². The van der Waals surface area contributed by atoms with Crippen LogP contribution in [0.5, 0.6) is 5.75 Å². The number of alkyl halides is 3. The summed E-state index contributed by atoms with van der Waals surface area (Å²) in [4.78, 5) is 39.7. The Morgan fingerprint density at radius 3 is 2.50 bits per heavy atom. The molecule has 34 heavy (non-hydrogen) atoms. The average molecular weight is 479 g/mol. The Balaban J connectivity index is 0.000000406. The number of nitrogens with zero attached hydrogens (tertiary/aromatic N) is 2. The van der Waals surface area contributed by atoms with Crippen LogP contribution in [-0.2, 0) is 20.9 Å². The number of carboxylic acid groups (broad SMARTS) is 1. The molecule has 2 unspecified atom stereocenters. The van der Waals surface area contributed by atoms with Crippen LogP contribution in [0.4, 0.5) is 13.2 Å². The highest BCUT2D eigenvalue weighted by Gasteiger charge is 2.61. The molecule has 2 atom stereocenters. The minimum absolute atomic E-state index is 0.00186.